The Kier molecular flexibility index (Phi) is 3.89. The average molecular weight is 253 g/mol. The van der Waals surface area contributed by atoms with Gasteiger partial charge in [0, 0.05) is 11.7 Å². The van der Waals surface area contributed by atoms with E-state index in [1.165, 1.54) is 0 Å². The van der Waals surface area contributed by atoms with Crippen LogP contribution in [0.1, 0.15) is 11.1 Å². The van der Waals surface area contributed by atoms with Crippen LogP contribution in [0.15, 0.2) is 60.7 Å². The molecule has 0 aromatic heterocycles. The fraction of sp³-hybridized carbons (Fsp3) is 0.176. The van der Waals surface area contributed by atoms with E-state index in [4.69, 9.17) is 0 Å². The van der Waals surface area contributed by atoms with E-state index in [-0.39, 0.29) is 5.83 Å². The molecule has 2 heteroatoms. The minimum atomic E-state index is -0.933. The van der Waals surface area contributed by atoms with Gasteiger partial charge < -0.3 is 0 Å². The first kappa shape index (κ1) is 13.6. The normalized spacial score (nSPS) is 13.1. The number of hydrogen-bond donors (Lipinski definition) is 0. The zero-order valence-electron chi connectivity index (χ0n) is 11.7. The van der Waals surface area contributed by atoms with Gasteiger partial charge in [-0.25, -0.2) is 4.39 Å². The van der Waals surface area contributed by atoms with Gasteiger partial charge in [-0.2, -0.15) is 25.9 Å². The molecule has 0 saturated carbocycles. The smallest absolute Gasteiger partial charge is 0.0955 e. The van der Waals surface area contributed by atoms with E-state index in [2.05, 4.69) is 20.5 Å². The lowest BCUT2D eigenvalue weighted by Gasteiger charge is -2.30. The highest BCUT2D eigenvalue weighted by atomic mass is 19.1. The molecule has 0 amide bonds. The first-order valence-corrected chi connectivity index (χ1v) is 6.78. The summed E-state index contributed by atoms with van der Waals surface area (Å²) in [5.74, 6) is -0.112. The Balaban J connectivity index is 2.63. The van der Waals surface area contributed by atoms with Gasteiger partial charge in [0.05, 0.1) is 5.83 Å². The second-order valence-corrected chi connectivity index (χ2v) is 6.06. The largest absolute Gasteiger partial charge is 0.210 e. The predicted octanol–water partition coefficient (Wildman–Crippen LogP) is 5.40. The summed E-state index contributed by atoms with van der Waals surface area (Å²) in [4.78, 5) is 0. The van der Waals surface area contributed by atoms with Crippen LogP contribution in [0, 0.1) is 0 Å². The predicted molar refractivity (Wildman–Crippen MR) is 84.2 cm³/mol. The molecule has 0 atom stereocenters. The van der Waals surface area contributed by atoms with Crippen molar-refractivity contribution in [3.05, 3.63) is 71.8 Å². The molecule has 0 nitrogen and oxygen atoms in total. The average Bonchev–Trinajstić information content (AvgIpc) is 2.39. The Morgan fingerprint density at radius 3 is 1.58 bits per heavy atom. The van der Waals surface area contributed by atoms with Gasteiger partial charge in [-0.1, -0.05) is 66.2 Å². The summed E-state index contributed by atoms with van der Waals surface area (Å²) in [6, 6.07) is 19.1. The first-order valence-electron chi connectivity index (χ1n) is 6.78. The molecule has 0 radical (unpaired) electrons. The number of rotatable bonds is 3. The molecule has 19 heavy (non-hydrogen) atoms. The quantitative estimate of drug-likeness (QED) is 0.507. The Labute approximate surface area is 114 Å². The van der Waals surface area contributed by atoms with E-state index in [0.717, 1.165) is 11.0 Å². The lowest BCUT2D eigenvalue weighted by molar-refractivity contribution is 0.763. The van der Waals surface area contributed by atoms with Gasteiger partial charge in [-0.05, 0) is 0 Å². The molecule has 0 aliphatic heterocycles. The van der Waals surface area contributed by atoms with Crippen molar-refractivity contribution >= 4 is 17.4 Å². The fourth-order valence-electron chi connectivity index (χ4n) is 2.36. The maximum Gasteiger partial charge on any atom is 0.0955 e. The van der Waals surface area contributed by atoms with E-state index < -0.39 is 6.15 Å². The van der Waals surface area contributed by atoms with E-state index in [0.29, 0.717) is 5.56 Å². The lowest BCUT2D eigenvalue weighted by atomic mass is 9.25. The summed E-state index contributed by atoms with van der Waals surface area (Å²) in [6.45, 7) is 6.31. The second-order valence-electron chi connectivity index (χ2n) is 6.06. The molecule has 0 heterocycles. The molecule has 0 N–H and O–H groups in total. The van der Waals surface area contributed by atoms with Crippen LogP contribution in [0.25, 0.3) is 11.3 Å². The van der Waals surface area contributed by atoms with Crippen molar-refractivity contribution in [2.24, 2.45) is 0 Å². The molecule has 2 aromatic rings. The third kappa shape index (κ3) is 3.14. The van der Waals surface area contributed by atoms with Crippen molar-refractivity contribution < 1.29 is 4.39 Å². The molecule has 2 rings (SSSR count). The van der Waals surface area contributed by atoms with Gasteiger partial charge in [0.2, 0.25) is 0 Å². The van der Waals surface area contributed by atoms with Crippen molar-refractivity contribution in [3.8, 4) is 0 Å². The number of halogens is 1. The Bertz CT molecular complexity index is 565. The topological polar surface area (TPSA) is 0 Å². The number of hydrogen-bond acceptors (Lipinski definition) is 0. The standard InChI is InChI=1S/C17H19BF/c1-18(2,3)16(14-10-6-4-7-11-14)17(19)15-12-8-5-9-13-15/h4-13H,1-3H3/q-1/b17-16-. The molecule has 0 aliphatic carbocycles. The molecule has 0 saturated heterocycles. The van der Waals surface area contributed by atoms with Gasteiger partial charge in [-0.15, -0.1) is 0 Å². The summed E-state index contributed by atoms with van der Waals surface area (Å²) in [5, 5.41) is 0. The van der Waals surface area contributed by atoms with Crippen LogP contribution in [0.2, 0.25) is 20.5 Å². The molecule has 98 valence electrons. The molecule has 0 unspecified atom stereocenters. The molecular weight excluding hydrogens is 234 g/mol. The van der Waals surface area contributed by atoms with Crippen LogP contribution in [-0.2, 0) is 0 Å². The van der Waals surface area contributed by atoms with E-state index in [1.54, 1.807) is 0 Å². The van der Waals surface area contributed by atoms with E-state index in [9.17, 15) is 4.39 Å². The maximum atomic E-state index is 14.9. The first-order chi connectivity index (χ1) is 9.00. The molecule has 0 spiro atoms. The van der Waals surface area contributed by atoms with E-state index >= 15 is 0 Å². The van der Waals surface area contributed by atoms with Crippen LogP contribution < -0.4 is 0 Å². The zero-order chi connectivity index (χ0) is 13.9. The highest BCUT2D eigenvalue weighted by Gasteiger charge is 2.18. The molecule has 0 bridgehead atoms. The van der Waals surface area contributed by atoms with Crippen LogP contribution in [-0.4, -0.2) is 6.15 Å². The Morgan fingerprint density at radius 1 is 0.737 bits per heavy atom. The van der Waals surface area contributed by atoms with Gasteiger partial charge in [0.1, 0.15) is 0 Å². The lowest BCUT2D eigenvalue weighted by Crippen LogP contribution is -2.23. The summed E-state index contributed by atoms with van der Waals surface area (Å²) in [7, 11) is 0. The Morgan fingerprint density at radius 2 is 1.16 bits per heavy atom. The van der Waals surface area contributed by atoms with Crippen LogP contribution >= 0.6 is 0 Å². The van der Waals surface area contributed by atoms with Crippen LogP contribution in [0.4, 0.5) is 4.39 Å². The van der Waals surface area contributed by atoms with Gasteiger partial charge in [-0.3, -0.25) is 0 Å². The third-order valence-electron chi connectivity index (χ3n) is 3.21. The summed E-state index contributed by atoms with van der Waals surface area (Å²) >= 11 is 0. The van der Waals surface area contributed by atoms with Gasteiger partial charge in [0.25, 0.3) is 0 Å². The monoisotopic (exact) mass is 253 g/mol. The van der Waals surface area contributed by atoms with Crippen LogP contribution in [0.5, 0.6) is 0 Å². The SMILES string of the molecule is C[B-](C)(C)/C(=C(\F)c1ccccc1)c1ccccc1. The fourth-order valence-corrected chi connectivity index (χ4v) is 2.36. The van der Waals surface area contributed by atoms with Crippen molar-refractivity contribution in [3.63, 3.8) is 0 Å². The van der Waals surface area contributed by atoms with Crippen molar-refractivity contribution in [1.29, 1.82) is 0 Å². The third-order valence-corrected chi connectivity index (χ3v) is 3.21. The van der Waals surface area contributed by atoms with Crippen LogP contribution in [0.3, 0.4) is 0 Å². The molecule has 0 aliphatic rings. The zero-order valence-corrected chi connectivity index (χ0v) is 11.7. The highest BCUT2D eigenvalue weighted by Crippen LogP contribution is 2.34. The highest BCUT2D eigenvalue weighted by molar-refractivity contribution is 6.94. The molecule has 0 fully saturated rings. The number of benzene rings is 2. The molecule has 2 aromatic carbocycles. The maximum absolute atomic E-state index is 14.9. The Hall–Kier alpha value is -1.83. The van der Waals surface area contributed by atoms with Crippen molar-refractivity contribution in [1.82, 2.24) is 0 Å². The summed E-state index contributed by atoms with van der Waals surface area (Å²) in [5.41, 5.74) is 2.43. The van der Waals surface area contributed by atoms with Crippen molar-refractivity contribution in [2.75, 3.05) is 0 Å². The summed E-state index contributed by atoms with van der Waals surface area (Å²) < 4.78 is 14.9. The van der Waals surface area contributed by atoms with Gasteiger partial charge in [0.15, 0.2) is 0 Å². The molecular formula is C17H19BF-. The minimum absolute atomic E-state index is 0.112. The van der Waals surface area contributed by atoms with E-state index in [1.807, 2.05) is 60.7 Å². The van der Waals surface area contributed by atoms with Gasteiger partial charge >= 0.3 is 0 Å². The summed E-state index contributed by atoms with van der Waals surface area (Å²) in [6.07, 6.45) is -0.933. The second kappa shape index (κ2) is 5.44. The van der Waals surface area contributed by atoms with Crippen molar-refractivity contribution in [2.45, 2.75) is 20.5 Å². The minimum Gasteiger partial charge on any atom is -0.210 e.